The second-order valence-corrected chi connectivity index (χ2v) is 4.51. The van der Waals surface area contributed by atoms with Gasteiger partial charge in [-0.2, -0.15) is 5.10 Å². The van der Waals surface area contributed by atoms with Crippen molar-refractivity contribution in [1.29, 1.82) is 0 Å². The number of benzene rings is 1. The Morgan fingerprint density at radius 1 is 1.41 bits per heavy atom. The zero-order valence-electron chi connectivity index (χ0n) is 9.60. The Morgan fingerprint density at radius 3 is 3.12 bits per heavy atom. The van der Waals surface area contributed by atoms with Gasteiger partial charge in [0.1, 0.15) is 0 Å². The van der Waals surface area contributed by atoms with Crippen LogP contribution in [-0.2, 0) is 6.54 Å². The lowest BCUT2D eigenvalue weighted by Gasteiger charge is -2.11. The fourth-order valence-corrected chi connectivity index (χ4v) is 2.38. The molecule has 0 amide bonds. The number of hydrogen-bond donors (Lipinski definition) is 1. The maximum atomic E-state index is 12.2. The van der Waals surface area contributed by atoms with Gasteiger partial charge < -0.3 is 5.32 Å². The molecule has 17 heavy (non-hydrogen) atoms. The first-order valence-corrected chi connectivity index (χ1v) is 6.03. The summed E-state index contributed by atoms with van der Waals surface area (Å²) in [5.74, 6) is 0. The minimum atomic E-state index is 0.0109. The monoisotopic (exact) mass is 229 g/mol. The summed E-state index contributed by atoms with van der Waals surface area (Å²) in [6.45, 7) is 1.72. The normalized spacial score (nSPS) is 19.9. The first-order chi connectivity index (χ1) is 8.34. The van der Waals surface area contributed by atoms with Gasteiger partial charge in [-0.15, -0.1) is 0 Å². The van der Waals surface area contributed by atoms with E-state index in [9.17, 15) is 4.79 Å². The van der Waals surface area contributed by atoms with Gasteiger partial charge in [0.05, 0.1) is 18.1 Å². The molecular formula is C13H15N3O. The van der Waals surface area contributed by atoms with Gasteiger partial charge in [-0.1, -0.05) is 18.2 Å². The summed E-state index contributed by atoms with van der Waals surface area (Å²) in [6.07, 6.45) is 4.08. The maximum absolute atomic E-state index is 12.2. The Labute approximate surface area is 99.3 Å². The molecule has 1 aliphatic rings. The van der Waals surface area contributed by atoms with Crippen LogP contribution >= 0.6 is 0 Å². The molecule has 4 heteroatoms. The van der Waals surface area contributed by atoms with Crippen LogP contribution in [0, 0.1) is 0 Å². The van der Waals surface area contributed by atoms with Crippen LogP contribution in [0.3, 0.4) is 0 Å². The fraction of sp³-hybridized carbons (Fsp3) is 0.385. The largest absolute Gasteiger partial charge is 0.312 e. The number of aromatic nitrogens is 2. The van der Waals surface area contributed by atoms with Gasteiger partial charge >= 0.3 is 0 Å². The minimum absolute atomic E-state index is 0.0109. The predicted molar refractivity (Wildman–Crippen MR) is 67.0 cm³/mol. The maximum Gasteiger partial charge on any atom is 0.274 e. The van der Waals surface area contributed by atoms with Crippen molar-refractivity contribution in [3.05, 3.63) is 40.8 Å². The lowest BCUT2D eigenvalue weighted by Crippen LogP contribution is -2.33. The van der Waals surface area contributed by atoms with E-state index in [4.69, 9.17) is 0 Å². The Balaban J connectivity index is 1.99. The van der Waals surface area contributed by atoms with Crippen LogP contribution in [0.5, 0.6) is 0 Å². The van der Waals surface area contributed by atoms with E-state index >= 15 is 0 Å². The van der Waals surface area contributed by atoms with Crippen molar-refractivity contribution in [3.8, 4) is 0 Å². The minimum Gasteiger partial charge on any atom is -0.312 e. The molecule has 0 unspecified atom stereocenters. The van der Waals surface area contributed by atoms with Crippen LogP contribution in [0.4, 0.5) is 0 Å². The van der Waals surface area contributed by atoms with E-state index in [1.54, 1.807) is 10.9 Å². The van der Waals surface area contributed by atoms with Gasteiger partial charge in [0, 0.05) is 11.4 Å². The molecule has 3 rings (SSSR count). The number of hydrogen-bond acceptors (Lipinski definition) is 3. The Bertz CT molecular complexity index is 584. The molecule has 1 N–H and O–H groups in total. The SMILES string of the molecule is O=c1c2ccccc2cnn1C[C@@H]1CCCN1. The number of fused-ring (bicyclic) bond motifs is 1. The highest BCUT2D eigenvalue weighted by Crippen LogP contribution is 2.09. The van der Waals surface area contributed by atoms with Gasteiger partial charge in [-0.25, -0.2) is 4.68 Å². The molecule has 2 heterocycles. The first-order valence-electron chi connectivity index (χ1n) is 6.03. The molecule has 1 atom stereocenters. The van der Waals surface area contributed by atoms with Crippen molar-refractivity contribution in [2.45, 2.75) is 25.4 Å². The average molecular weight is 229 g/mol. The van der Waals surface area contributed by atoms with E-state index < -0.39 is 0 Å². The van der Waals surface area contributed by atoms with E-state index in [1.807, 2.05) is 24.3 Å². The molecule has 1 saturated heterocycles. The van der Waals surface area contributed by atoms with Crippen molar-refractivity contribution >= 4 is 10.8 Å². The van der Waals surface area contributed by atoms with Gasteiger partial charge in [0.2, 0.25) is 0 Å². The molecule has 1 aliphatic heterocycles. The van der Waals surface area contributed by atoms with Crippen LogP contribution in [-0.4, -0.2) is 22.4 Å². The highest BCUT2D eigenvalue weighted by Gasteiger charge is 2.15. The fourth-order valence-electron chi connectivity index (χ4n) is 2.38. The highest BCUT2D eigenvalue weighted by atomic mass is 16.1. The van der Waals surface area contributed by atoms with E-state index in [2.05, 4.69) is 10.4 Å². The molecule has 4 nitrogen and oxygen atoms in total. The standard InChI is InChI=1S/C13H15N3O/c17-13-12-6-2-1-4-10(12)8-15-16(13)9-11-5-3-7-14-11/h1-2,4,6,8,11,14H,3,5,7,9H2/t11-/m0/s1. The van der Waals surface area contributed by atoms with Gasteiger partial charge in [0.15, 0.2) is 0 Å². The van der Waals surface area contributed by atoms with Gasteiger partial charge in [-0.3, -0.25) is 4.79 Å². The molecule has 1 aromatic heterocycles. The summed E-state index contributed by atoms with van der Waals surface area (Å²) in [4.78, 5) is 12.2. The highest BCUT2D eigenvalue weighted by molar-refractivity contribution is 5.80. The lowest BCUT2D eigenvalue weighted by atomic mass is 10.2. The van der Waals surface area contributed by atoms with E-state index in [1.165, 1.54) is 6.42 Å². The summed E-state index contributed by atoms with van der Waals surface area (Å²) in [7, 11) is 0. The molecule has 1 fully saturated rings. The van der Waals surface area contributed by atoms with E-state index in [0.717, 1.165) is 23.7 Å². The third-order valence-electron chi connectivity index (χ3n) is 3.32. The zero-order valence-corrected chi connectivity index (χ0v) is 9.60. The van der Waals surface area contributed by atoms with Crippen LogP contribution in [0.1, 0.15) is 12.8 Å². The van der Waals surface area contributed by atoms with Crippen molar-refractivity contribution in [3.63, 3.8) is 0 Å². The second kappa shape index (κ2) is 4.30. The molecule has 0 bridgehead atoms. The van der Waals surface area contributed by atoms with Gasteiger partial charge in [-0.05, 0) is 25.5 Å². The van der Waals surface area contributed by atoms with Crippen LogP contribution in [0.25, 0.3) is 10.8 Å². The van der Waals surface area contributed by atoms with Crippen molar-refractivity contribution in [2.24, 2.45) is 0 Å². The lowest BCUT2D eigenvalue weighted by molar-refractivity contribution is 0.462. The molecule has 1 aromatic carbocycles. The van der Waals surface area contributed by atoms with Crippen LogP contribution in [0.2, 0.25) is 0 Å². The molecular weight excluding hydrogens is 214 g/mol. The summed E-state index contributed by atoms with van der Waals surface area (Å²) < 4.78 is 1.57. The molecule has 0 radical (unpaired) electrons. The Kier molecular flexibility index (Phi) is 2.65. The first kappa shape index (κ1) is 10.5. The molecule has 0 spiro atoms. The summed E-state index contributed by atoms with van der Waals surface area (Å²) in [5.41, 5.74) is 0.0109. The van der Waals surface area contributed by atoms with Crippen molar-refractivity contribution < 1.29 is 0 Å². The smallest absolute Gasteiger partial charge is 0.274 e. The average Bonchev–Trinajstić information content (AvgIpc) is 2.86. The molecule has 88 valence electrons. The van der Waals surface area contributed by atoms with E-state index in [-0.39, 0.29) is 5.56 Å². The topological polar surface area (TPSA) is 46.9 Å². The molecule has 0 aliphatic carbocycles. The summed E-state index contributed by atoms with van der Waals surface area (Å²) >= 11 is 0. The summed E-state index contributed by atoms with van der Waals surface area (Å²) in [6, 6.07) is 7.98. The quantitative estimate of drug-likeness (QED) is 0.840. The number of nitrogens with zero attached hydrogens (tertiary/aromatic N) is 2. The predicted octanol–water partition coefficient (Wildman–Crippen LogP) is 1.15. The third kappa shape index (κ3) is 1.96. The van der Waals surface area contributed by atoms with Crippen LogP contribution in [0.15, 0.2) is 35.3 Å². The van der Waals surface area contributed by atoms with E-state index in [0.29, 0.717) is 12.6 Å². The van der Waals surface area contributed by atoms with Crippen molar-refractivity contribution in [2.75, 3.05) is 6.54 Å². The van der Waals surface area contributed by atoms with Crippen molar-refractivity contribution in [1.82, 2.24) is 15.1 Å². The molecule has 0 saturated carbocycles. The number of nitrogens with one attached hydrogen (secondary N) is 1. The zero-order chi connectivity index (χ0) is 11.7. The Hall–Kier alpha value is -1.68. The molecule has 2 aromatic rings. The second-order valence-electron chi connectivity index (χ2n) is 4.51. The third-order valence-corrected chi connectivity index (χ3v) is 3.32. The number of rotatable bonds is 2. The summed E-state index contributed by atoms with van der Waals surface area (Å²) in [5, 5.41) is 9.28. The van der Waals surface area contributed by atoms with Gasteiger partial charge in [0.25, 0.3) is 5.56 Å². The van der Waals surface area contributed by atoms with Crippen LogP contribution < -0.4 is 10.9 Å². The Morgan fingerprint density at radius 2 is 2.29 bits per heavy atom.